The average Bonchev–Trinajstić information content (AvgIpc) is 2.35. The van der Waals surface area contributed by atoms with Crippen molar-refractivity contribution in [3.63, 3.8) is 0 Å². The Morgan fingerprint density at radius 1 is 1.29 bits per heavy atom. The summed E-state index contributed by atoms with van der Waals surface area (Å²) in [4.78, 5) is 0.249. The van der Waals surface area contributed by atoms with Crippen molar-refractivity contribution in [3.05, 3.63) is 29.8 Å². The van der Waals surface area contributed by atoms with E-state index in [4.69, 9.17) is 5.73 Å². The molecule has 0 radical (unpaired) electrons. The molecule has 0 aliphatic rings. The Labute approximate surface area is 102 Å². The average molecular weight is 252 g/mol. The molecule has 1 rings (SSSR count). The molecule has 1 aromatic carbocycles. The maximum absolute atomic E-state index is 11.8. The Kier molecular flexibility index (Phi) is 5.16. The van der Waals surface area contributed by atoms with E-state index in [1.54, 1.807) is 31.2 Å². The smallest absolute Gasteiger partial charge is 0.240 e. The van der Waals surface area contributed by atoms with Crippen molar-refractivity contribution in [3.8, 4) is 11.8 Å². The zero-order valence-electron chi connectivity index (χ0n) is 9.73. The lowest BCUT2D eigenvalue weighted by molar-refractivity contribution is 0.582. The monoisotopic (exact) mass is 252 g/mol. The van der Waals surface area contributed by atoms with Crippen LogP contribution in [0.2, 0.25) is 0 Å². The summed E-state index contributed by atoms with van der Waals surface area (Å²) in [6.45, 7) is 2.45. The maximum Gasteiger partial charge on any atom is 0.240 e. The lowest BCUT2D eigenvalue weighted by Crippen LogP contribution is -2.24. The van der Waals surface area contributed by atoms with Crippen LogP contribution in [0.1, 0.15) is 18.9 Å². The van der Waals surface area contributed by atoms with Crippen LogP contribution in [0.25, 0.3) is 0 Å². The minimum Gasteiger partial charge on any atom is -0.326 e. The number of hydrogen-bond acceptors (Lipinski definition) is 3. The maximum atomic E-state index is 11.8. The SMILES string of the molecule is CC#CCCNS(=O)(=O)c1ccc(CN)cc1. The number of nitrogens with one attached hydrogen (secondary N) is 1. The third kappa shape index (κ3) is 4.19. The summed E-state index contributed by atoms with van der Waals surface area (Å²) in [5, 5.41) is 0. The van der Waals surface area contributed by atoms with E-state index in [9.17, 15) is 8.42 Å². The van der Waals surface area contributed by atoms with Crippen molar-refractivity contribution in [1.29, 1.82) is 0 Å². The highest BCUT2D eigenvalue weighted by atomic mass is 32.2. The Morgan fingerprint density at radius 3 is 2.47 bits per heavy atom. The Hall–Kier alpha value is -1.35. The van der Waals surface area contributed by atoms with E-state index in [1.165, 1.54) is 0 Å². The normalized spacial score (nSPS) is 10.7. The number of sulfonamides is 1. The van der Waals surface area contributed by atoms with Gasteiger partial charge < -0.3 is 5.73 Å². The molecular weight excluding hydrogens is 236 g/mol. The summed E-state index contributed by atoms with van der Waals surface area (Å²) in [6.07, 6.45) is 0.511. The van der Waals surface area contributed by atoms with Gasteiger partial charge >= 0.3 is 0 Å². The highest BCUT2D eigenvalue weighted by Gasteiger charge is 2.12. The van der Waals surface area contributed by atoms with Gasteiger partial charge in [0.1, 0.15) is 0 Å². The fraction of sp³-hybridized carbons (Fsp3) is 0.333. The lowest BCUT2D eigenvalue weighted by atomic mass is 10.2. The molecule has 0 aliphatic carbocycles. The highest BCUT2D eigenvalue weighted by molar-refractivity contribution is 7.89. The molecule has 0 fully saturated rings. The predicted octanol–water partition coefficient (Wildman–Crippen LogP) is 0.837. The molecule has 0 heterocycles. The van der Waals surface area contributed by atoms with Crippen molar-refractivity contribution < 1.29 is 8.42 Å². The minimum atomic E-state index is -3.42. The van der Waals surface area contributed by atoms with E-state index in [2.05, 4.69) is 16.6 Å². The molecule has 0 bridgehead atoms. The molecule has 5 heteroatoms. The molecule has 92 valence electrons. The van der Waals surface area contributed by atoms with Crippen LogP contribution in [0.15, 0.2) is 29.2 Å². The van der Waals surface area contributed by atoms with Crippen molar-refractivity contribution in [2.24, 2.45) is 5.73 Å². The van der Waals surface area contributed by atoms with E-state index in [0.29, 0.717) is 19.5 Å². The second-order valence-electron chi connectivity index (χ2n) is 3.42. The summed E-state index contributed by atoms with van der Waals surface area (Å²) >= 11 is 0. The highest BCUT2D eigenvalue weighted by Crippen LogP contribution is 2.09. The quantitative estimate of drug-likeness (QED) is 0.602. The third-order valence-electron chi connectivity index (χ3n) is 2.19. The van der Waals surface area contributed by atoms with Crippen molar-refractivity contribution >= 4 is 10.0 Å². The molecular formula is C12H16N2O2S. The molecule has 17 heavy (non-hydrogen) atoms. The lowest BCUT2D eigenvalue weighted by Gasteiger charge is -2.05. The second-order valence-corrected chi connectivity index (χ2v) is 5.19. The minimum absolute atomic E-state index is 0.249. The summed E-state index contributed by atoms with van der Waals surface area (Å²) in [6, 6.07) is 6.52. The molecule has 0 saturated heterocycles. The van der Waals surface area contributed by atoms with Crippen molar-refractivity contribution in [2.75, 3.05) is 6.54 Å². The Balaban J connectivity index is 2.70. The Morgan fingerprint density at radius 2 is 1.94 bits per heavy atom. The van der Waals surface area contributed by atoms with E-state index < -0.39 is 10.0 Å². The van der Waals surface area contributed by atoms with Gasteiger partial charge in [-0.1, -0.05) is 12.1 Å². The van der Waals surface area contributed by atoms with Gasteiger partial charge in [0.05, 0.1) is 4.90 Å². The van der Waals surface area contributed by atoms with Crippen LogP contribution in [-0.4, -0.2) is 15.0 Å². The van der Waals surface area contributed by atoms with E-state index in [-0.39, 0.29) is 4.90 Å². The van der Waals surface area contributed by atoms with Gasteiger partial charge in [0.25, 0.3) is 0 Å². The number of benzene rings is 1. The van der Waals surface area contributed by atoms with Gasteiger partial charge in [-0.15, -0.1) is 11.8 Å². The predicted molar refractivity (Wildman–Crippen MR) is 67.6 cm³/mol. The topological polar surface area (TPSA) is 72.2 Å². The number of rotatable bonds is 5. The molecule has 0 saturated carbocycles. The number of nitrogens with two attached hydrogens (primary N) is 1. The molecule has 0 atom stereocenters. The van der Waals surface area contributed by atoms with Gasteiger partial charge in [0.2, 0.25) is 10.0 Å². The first-order valence-corrected chi connectivity index (χ1v) is 6.77. The van der Waals surface area contributed by atoms with Crippen LogP contribution in [0.3, 0.4) is 0 Å². The van der Waals surface area contributed by atoms with Crippen molar-refractivity contribution in [2.45, 2.75) is 24.8 Å². The standard InChI is InChI=1S/C12H16N2O2S/c1-2-3-4-9-14-17(15,16)12-7-5-11(10-13)6-8-12/h5-8,14H,4,9-10,13H2,1H3. The van der Waals surface area contributed by atoms with Crippen LogP contribution in [0.4, 0.5) is 0 Å². The molecule has 3 N–H and O–H groups in total. The van der Waals surface area contributed by atoms with Crippen molar-refractivity contribution in [1.82, 2.24) is 4.72 Å². The fourth-order valence-electron chi connectivity index (χ4n) is 1.26. The van der Waals surface area contributed by atoms with Gasteiger partial charge in [-0.3, -0.25) is 0 Å². The summed E-state index contributed by atoms with van der Waals surface area (Å²) in [5.41, 5.74) is 6.35. The van der Waals surface area contributed by atoms with E-state index in [0.717, 1.165) is 5.56 Å². The summed E-state index contributed by atoms with van der Waals surface area (Å²) in [5.74, 6) is 5.51. The second kappa shape index (κ2) is 6.40. The van der Waals surface area contributed by atoms with Gasteiger partial charge in [-0.2, -0.15) is 0 Å². The van der Waals surface area contributed by atoms with Crippen LogP contribution >= 0.6 is 0 Å². The van der Waals surface area contributed by atoms with Gasteiger partial charge in [0, 0.05) is 19.5 Å². The zero-order valence-corrected chi connectivity index (χ0v) is 10.5. The summed E-state index contributed by atoms with van der Waals surface area (Å²) in [7, 11) is -3.42. The van der Waals surface area contributed by atoms with Crippen LogP contribution in [-0.2, 0) is 16.6 Å². The van der Waals surface area contributed by atoms with Gasteiger partial charge in [-0.25, -0.2) is 13.1 Å². The fourth-order valence-corrected chi connectivity index (χ4v) is 2.29. The number of hydrogen-bond donors (Lipinski definition) is 2. The molecule has 4 nitrogen and oxygen atoms in total. The summed E-state index contributed by atoms with van der Waals surface area (Å²) < 4.78 is 26.1. The Bertz CT molecular complexity index is 510. The first-order chi connectivity index (χ1) is 8.10. The first-order valence-electron chi connectivity index (χ1n) is 5.28. The molecule has 0 unspecified atom stereocenters. The van der Waals surface area contributed by atoms with E-state index in [1.807, 2.05) is 0 Å². The molecule has 0 amide bonds. The third-order valence-corrected chi connectivity index (χ3v) is 3.67. The zero-order chi connectivity index (χ0) is 12.7. The molecule has 1 aromatic rings. The van der Waals surface area contributed by atoms with Gasteiger partial charge in [0.15, 0.2) is 0 Å². The molecule has 0 aromatic heterocycles. The van der Waals surface area contributed by atoms with Crippen LogP contribution < -0.4 is 10.5 Å². The van der Waals surface area contributed by atoms with Crippen LogP contribution in [0, 0.1) is 11.8 Å². The van der Waals surface area contributed by atoms with E-state index >= 15 is 0 Å². The van der Waals surface area contributed by atoms with Gasteiger partial charge in [-0.05, 0) is 24.6 Å². The van der Waals surface area contributed by atoms with Crippen LogP contribution in [0.5, 0.6) is 0 Å². The molecule has 0 aliphatic heterocycles. The largest absolute Gasteiger partial charge is 0.326 e. The first kappa shape index (κ1) is 13.7. The molecule has 0 spiro atoms.